The van der Waals surface area contributed by atoms with Gasteiger partial charge in [0.25, 0.3) is 5.91 Å². The number of carbonyl (C=O) groups excluding carboxylic acids is 2. The molecule has 6 nitrogen and oxygen atoms in total. The van der Waals surface area contributed by atoms with Crippen LogP contribution in [0, 0.1) is 6.92 Å². The lowest BCUT2D eigenvalue weighted by Crippen LogP contribution is -2.51. The van der Waals surface area contributed by atoms with Gasteiger partial charge in [-0.1, -0.05) is 24.3 Å². The molecule has 2 aromatic carbocycles. The minimum absolute atomic E-state index is 0.0838. The lowest BCUT2D eigenvalue weighted by molar-refractivity contribution is -0.0503. The number of anilines is 1. The standard InChI is InChI=1S/C20H21F2N3O3/c1-14-5-4-6-15(13-14)23-20(27)25-11-9-24(10-12-25)18(26)16-7-2-3-8-17(16)28-19(21)22/h2-8,13,19H,9-12H2,1H3,(H,23,27). The first-order chi connectivity index (χ1) is 13.4. The summed E-state index contributed by atoms with van der Waals surface area (Å²) in [4.78, 5) is 28.2. The minimum atomic E-state index is -3.00. The molecule has 0 unspecified atom stereocenters. The molecule has 2 aromatic rings. The van der Waals surface area contributed by atoms with E-state index in [4.69, 9.17) is 0 Å². The van der Waals surface area contributed by atoms with Crippen LogP contribution in [0.3, 0.4) is 0 Å². The average Bonchev–Trinajstić information content (AvgIpc) is 2.67. The Hall–Kier alpha value is -3.16. The van der Waals surface area contributed by atoms with Gasteiger partial charge in [-0.3, -0.25) is 4.79 Å². The smallest absolute Gasteiger partial charge is 0.387 e. The predicted octanol–water partition coefficient (Wildman–Crippen LogP) is 3.59. The molecule has 8 heteroatoms. The summed E-state index contributed by atoms with van der Waals surface area (Å²) in [6.45, 7) is 0.251. The molecule has 1 aliphatic rings. The van der Waals surface area contributed by atoms with E-state index in [9.17, 15) is 18.4 Å². The number of benzene rings is 2. The number of nitrogens with one attached hydrogen (secondary N) is 1. The molecule has 0 aliphatic carbocycles. The number of ether oxygens (including phenoxy) is 1. The zero-order valence-corrected chi connectivity index (χ0v) is 15.4. The third-order valence-electron chi connectivity index (χ3n) is 4.46. The summed E-state index contributed by atoms with van der Waals surface area (Å²) in [6, 6.07) is 13.2. The maximum Gasteiger partial charge on any atom is 0.387 e. The van der Waals surface area contributed by atoms with Gasteiger partial charge < -0.3 is 19.9 Å². The highest BCUT2D eigenvalue weighted by Crippen LogP contribution is 2.22. The number of halogens is 2. The van der Waals surface area contributed by atoms with Crippen LogP contribution in [-0.4, -0.2) is 54.5 Å². The van der Waals surface area contributed by atoms with Crippen LogP contribution in [0.1, 0.15) is 15.9 Å². The second kappa shape index (κ2) is 8.69. The molecule has 148 valence electrons. The third-order valence-corrected chi connectivity index (χ3v) is 4.46. The van der Waals surface area contributed by atoms with Crippen molar-refractivity contribution >= 4 is 17.6 Å². The van der Waals surface area contributed by atoms with Crippen molar-refractivity contribution in [2.75, 3.05) is 31.5 Å². The molecule has 0 saturated carbocycles. The van der Waals surface area contributed by atoms with Crippen molar-refractivity contribution in [3.63, 3.8) is 0 Å². The van der Waals surface area contributed by atoms with Crippen LogP contribution in [0.5, 0.6) is 5.75 Å². The summed E-state index contributed by atoms with van der Waals surface area (Å²) >= 11 is 0. The van der Waals surface area contributed by atoms with E-state index in [2.05, 4.69) is 10.1 Å². The van der Waals surface area contributed by atoms with Crippen LogP contribution in [0.2, 0.25) is 0 Å². The average molecular weight is 389 g/mol. The molecule has 3 amide bonds. The number of hydrogen-bond acceptors (Lipinski definition) is 3. The maximum atomic E-state index is 12.7. The van der Waals surface area contributed by atoms with Crippen LogP contribution in [-0.2, 0) is 0 Å². The van der Waals surface area contributed by atoms with Crippen molar-refractivity contribution in [1.29, 1.82) is 0 Å². The van der Waals surface area contributed by atoms with Gasteiger partial charge in [0.05, 0.1) is 5.56 Å². The van der Waals surface area contributed by atoms with E-state index in [1.165, 1.54) is 23.1 Å². The Morgan fingerprint density at radius 3 is 2.36 bits per heavy atom. The molecule has 1 N–H and O–H groups in total. The van der Waals surface area contributed by atoms with Crippen molar-refractivity contribution in [1.82, 2.24) is 9.80 Å². The van der Waals surface area contributed by atoms with E-state index < -0.39 is 12.5 Å². The number of alkyl halides is 2. The van der Waals surface area contributed by atoms with E-state index in [1.807, 2.05) is 31.2 Å². The van der Waals surface area contributed by atoms with Gasteiger partial charge in [-0.2, -0.15) is 8.78 Å². The van der Waals surface area contributed by atoms with Gasteiger partial charge in [0.15, 0.2) is 0 Å². The summed E-state index contributed by atoms with van der Waals surface area (Å²) in [7, 11) is 0. The summed E-state index contributed by atoms with van der Waals surface area (Å²) in [6.07, 6.45) is 0. The minimum Gasteiger partial charge on any atom is -0.434 e. The first-order valence-corrected chi connectivity index (χ1v) is 8.90. The lowest BCUT2D eigenvalue weighted by Gasteiger charge is -2.35. The Balaban J connectivity index is 1.59. The number of para-hydroxylation sites is 1. The number of carbonyl (C=O) groups is 2. The number of amides is 3. The van der Waals surface area contributed by atoms with Crippen LogP contribution in [0.4, 0.5) is 19.3 Å². The molecule has 28 heavy (non-hydrogen) atoms. The number of rotatable bonds is 4. The Morgan fingerprint density at radius 1 is 1.00 bits per heavy atom. The second-order valence-corrected chi connectivity index (χ2v) is 6.45. The Morgan fingerprint density at radius 2 is 1.68 bits per heavy atom. The highest BCUT2D eigenvalue weighted by atomic mass is 19.3. The monoisotopic (exact) mass is 389 g/mol. The number of nitrogens with zero attached hydrogens (tertiary/aromatic N) is 2. The van der Waals surface area contributed by atoms with Crippen LogP contribution in [0.25, 0.3) is 0 Å². The first kappa shape index (κ1) is 19.6. The third kappa shape index (κ3) is 4.76. The Labute approximate surface area is 161 Å². The fourth-order valence-electron chi connectivity index (χ4n) is 3.05. The summed E-state index contributed by atoms with van der Waals surface area (Å²) < 4.78 is 29.5. The highest BCUT2D eigenvalue weighted by molar-refractivity contribution is 5.97. The van der Waals surface area contributed by atoms with Crippen LogP contribution in [0.15, 0.2) is 48.5 Å². The number of piperazine rings is 1. The first-order valence-electron chi connectivity index (χ1n) is 8.90. The molecule has 1 aliphatic heterocycles. The van der Waals surface area contributed by atoms with Crippen LogP contribution < -0.4 is 10.1 Å². The zero-order chi connectivity index (χ0) is 20.1. The molecule has 1 fully saturated rings. The van der Waals surface area contributed by atoms with E-state index in [0.717, 1.165) is 5.56 Å². The van der Waals surface area contributed by atoms with Crippen molar-refractivity contribution in [2.45, 2.75) is 13.5 Å². The van der Waals surface area contributed by atoms with Gasteiger partial charge in [0, 0.05) is 31.9 Å². The lowest BCUT2D eigenvalue weighted by atomic mass is 10.1. The largest absolute Gasteiger partial charge is 0.434 e. The summed E-state index contributed by atoms with van der Waals surface area (Å²) in [5.41, 5.74) is 1.83. The molecule has 0 atom stereocenters. The van der Waals surface area contributed by atoms with E-state index in [-0.39, 0.29) is 17.3 Å². The van der Waals surface area contributed by atoms with Crippen LogP contribution >= 0.6 is 0 Å². The van der Waals surface area contributed by atoms with Crippen molar-refractivity contribution in [3.05, 3.63) is 59.7 Å². The molecule has 0 spiro atoms. The van der Waals surface area contributed by atoms with Gasteiger partial charge in [-0.15, -0.1) is 0 Å². The number of urea groups is 1. The summed E-state index contributed by atoms with van der Waals surface area (Å²) in [5, 5.41) is 2.84. The van der Waals surface area contributed by atoms with Crippen molar-refractivity contribution in [3.8, 4) is 5.75 Å². The van der Waals surface area contributed by atoms with E-state index >= 15 is 0 Å². The zero-order valence-electron chi connectivity index (χ0n) is 15.4. The quantitative estimate of drug-likeness (QED) is 0.869. The summed E-state index contributed by atoms with van der Waals surface area (Å²) in [5.74, 6) is -0.544. The molecular weight excluding hydrogens is 368 g/mol. The maximum absolute atomic E-state index is 12.7. The molecule has 3 rings (SSSR count). The fourth-order valence-corrected chi connectivity index (χ4v) is 3.05. The normalized spacial score (nSPS) is 14.1. The molecule has 0 aromatic heterocycles. The SMILES string of the molecule is Cc1cccc(NC(=O)N2CCN(C(=O)c3ccccc3OC(F)F)CC2)c1. The van der Waals surface area contributed by atoms with Crippen molar-refractivity contribution in [2.24, 2.45) is 0 Å². The van der Waals surface area contributed by atoms with Gasteiger partial charge >= 0.3 is 12.6 Å². The van der Waals surface area contributed by atoms with Gasteiger partial charge in [-0.25, -0.2) is 4.79 Å². The Bertz CT molecular complexity index is 852. The molecule has 1 heterocycles. The predicted molar refractivity (Wildman–Crippen MR) is 101 cm³/mol. The van der Waals surface area contributed by atoms with Crippen molar-refractivity contribution < 1.29 is 23.1 Å². The van der Waals surface area contributed by atoms with E-state index in [1.54, 1.807) is 11.0 Å². The van der Waals surface area contributed by atoms with E-state index in [0.29, 0.717) is 31.9 Å². The second-order valence-electron chi connectivity index (χ2n) is 6.45. The Kier molecular flexibility index (Phi) is 6.08. The van der Waals surface area contributed by atoms with Gasteiger partial charge in [-0.05, 0) is 36.8 Å². The topological polar surface area (TPSA) is 61.9 Å². The molecule has 1 saturated heterocycles. The van der Waals surface area contributed by atoms with Gasteiger partial charge in [0.1, 0.15) is 5.75 Å². The molecule has 0 bridgehead atoms. The highest BCUT2D eigenvalue weighted by Gasteiger charge is 2.27. The van der Waals surface area contributed by atoms with Gasteiger partial charge in [0.2, 0.25) is 0 Å². The number of hydrogen-bond donors (Lipinski definition) is 1. The molecular formula is C20H21F2N3O3. The molecule has 0 radical (unpaired) electrons. The fraction of sp³-hybridized carbons (Fsp3) is 0.300. The number of aryl methyl sites for hydroxylation is 1.